The van der Waals surface area contributed by atoms with Crippen molar-refractivity contribution in [2.45, 2.75) is 24.8 Å². The summed E-state index contributed by atoms with van der Waals surface area (Å²) in [6.45, 7) is 4.17. The molecule has 0 unspecified atom stereocenters. The molecular formula is C13H14ClN3OS. The first-order valence-electron chi connectivity index (χ1n) is 5.72. The van der Waals surface area contributed by atoms with Crippen LogP contribution < -0.4 is 4.74 Å². The molecule has 100 valence electrons. The van der Waals surface area contributed by atoms with E-state index in [9.17, 15) is 0 Å². The van der Waals surface area contributed by atoms with Crippen LogP contribution in [0.25, 0.3) is 0 Å². The molecule has 19 heavy (non-hydrogen) atoms. The molecule has 6 heteroatoms. The van der Waals surface area contributed by atoms with Crippen molar-refractivity contribution >= 4 is 23.4 Å². The molecule has 0 saturated heterocycles. The Morgan fingerprint density at radius 2 is 1.79 bits per heavy atom. The minimum atomic E-state index is 0.148. The highest BCUT2D eigenvalue weighted by atomic mass is 35.5. The molecule has 0 spiro atoms. The van der Waals surface area contributed by atoms with E-state index >= 15 is 0 Å². The van der Waals surface area contributed by atoms with E-state index in [1.807, 2.05) is 0 Å². The van der Waals surface area contributed by atoms with Crippen molar-refractivity contribution in [3.05, 3.63) is 40.2 Å². The molecule has 0 saturated carbocycles. The summed E-state index contributed by atoms with van der Waals surface area (Å²) in [5.41, 5.74) is 3.74. The van der Waals surface area contributed by atoms with Gasteiger partial charge in [0.05, 0.1) is 7.11 Å². The van der Waals surface area contributed by atoms with Crippen LogP contribution in [0.2, 0.25) is 5.28 Å². The smallest absolute Gasteiger partial charge is 0.321 e. The molecule has 0 aliphatic heterocycles. The highest BCUT2D eigenvalue weighted by Crippen LogP contribution is 2.23. The summed E-state index contributed by atoms with van der Waals surface area (Å²) in [4.78, 5) is 12.1. The Kier molecular flexibility index (Phi) is 4.61. The fourth-order valence-electron chi connectivity index (χ4n) is 1.77. The first kappa shape index (κ1) is 14.1. The quantitative estimate of drug-likeness (QED) is 0.809. The van der Waals surface area contributed by atoms with Gasteiger partial charge in [0.25, 0.3) is 0 Å². The Bertz CT molecular complexity index is 572. The summed E-state index contributed by atoms with van der Waals surface area (Å²) < 4.78 is 4.97. The van der Waals surface area contributed by atoms with Gasteiger partial charge >= 0.3 is 6.01 Å². The van der Waals surface area contributed by atoms with Crippen LogP contribution in [0.3, 0.4) is 0 Å². The van der Waals surface area contributed by atoms with E-state index in [1.165, 1.54) is 35.6 Å². The Hall–Kier alpha value is -1.33. The average Bonchev–Trinajstić information content (AvgIpc) is 2.34. The van der Waals surface area contributed by atoms with E-state index in [0.717, 1.165) is 5.75 Å². The minimum Gasteiger partial charge on any atom is -0.467 e. The number of aryl methyl sites for hydroxylation is 2. The molecule has 0 N–H and O–H groups in total. The van der Waals surface area contributed by atoms with Gasteiger partial charge in [0.2, 0.25) is 5.28 Å². The maximum atomic E-state index is 5.81. The van der Waals surface area contributed by atoms with Crippen LogP contribution in [0.5, 0.6) is 6.01 Å². The average molecular weight is 296 g/mol. The lowest BCUT2D eigenvalue weighted by Crippen LogP contribution is -1.97. The van der Waals surface area contributed by atoms with Gasteiger partial charge in [0.1, 0.15) is 0 Å². The van der Waals surface area contributed by atoms with Gasteiger partial charge in [0, 0.05) is 5.75 Å². The third-order valence-electron chi connectivity index (χ3n) is 2.40. The van der Waals surface area contributed by atoms with Gasteiger partial charge in [-0.15, -0.1) is 0 Å². The van der Waals surface area contributed by atoms with Gasteiger partial charge in [-0.05, 0) is 31.0 Å². The van der Waals surface area contributed by atoms with E-state index < -0.39 is 0 Å². The fourth-order valence-corrected chi connectivity index (χ4v) is 2.73. The zero-order valence-corrected chi connectivity index (χ0v) is 12.5. The van der Waals surface area contributed by atoms with Crippen molar-refractivity contribution in [3.8, 4) is 6.01 Å². The van der Waals surface area contributed by atoms with Crippen LogP contribution in [0.1, 0.15) is 16.7 Å². The second kappa shape index (κ2) is 6.21. The Morgan fingerprint density at radius 1 is 1.11 bits per heavy atom. The summed E-state index contributed by atoms with van der Waals surface area (Å²) in [5, 5.41) is 0.714. The standard InChI is InChI=1S/C13H14ClN3OS/c1-8-4-9(2)6-10(5-8)7-19-13-16-11(14)15-12(17-13)18-3/h4-6H,7H2,1-3H3. The van der Waals surface area contributed by atoms with Crippen molar-refractivity contribution in [2.24, 2.45) is 0 Å². The lowest BCUT2D eigenvalue weighted by atomic mass is 10.1. The van der Waals surface area contributed by atoms with Gasteiger partial charge in [-0.25, -0.2) is 0 Å². The van der Waals surface area contributed by atoms with Crippen molar-refractivity contribution < 1.29 is 4.74 Å². The SMILES string of the molecule is COc1nc(Cl)nc(SCc2cc(C)cc(C)c2)n1. The van der Waals surface area contributed by atoms with Crippen LogP contribution >= 0.6 is 23.4 Å². The normalized spacial score (nSPS) is 10.5. The Balaban J connectivity index is 2.11. The van der Waals surface area contributed by atoms with Crippen molar-refractivity contribution in [1.82, 2.24) is 15.0 Å². The molecule has 1 aromatic heterocycles. The first-order chi connectivity index (χ1) is 9.06. The monoisotopic (exact) mass is 295 g/mol. The van der Waals surface area contributed by atoms with Crippen molar-refractivity contribution in [1.29, 1.82) is 0 Å². The van der Waals surface area contributed by atoms with Crippen LogP contribution in [0.4, 0.5) is 0 Å². The lowest BCUT2D eigenvalue weighted by molar-refractivity contribution is 0.373. The zero-order valence-electron chi connectivity index (χ0n) is 11.0. The molecule has 0 aliphatic rings. The van der Waals surface area contributed by atoms with Crippen molar-refractivity contribution in [3.63, 3.8) is 0 Å². The summed E-state index contributed by atoms with van der Waals surface area (Å²) in [5.74, 6) is 0.784. The molecule has 0 aliphatic carbocycles. The van der Waals surface area contributed by atoms with Gasteiger partial charge in [-0.3, -0.25) is 0 Å². The highest BCUT2D eigenvalue weighted by Gasteiger charge is 2.06. The van der Waals surface area contributed by atoms with E-state index in [-0.39, 0.29) is 11.3 Å². The van der Waals surface area contributed by atoms with Crippen LogP contribution in [-0.4, -0.2) is 22.1 Å². The predicted octanol–water partition coefficient (Wildman–Crippen LogP) is 3.44. The van der Waals surface area contributed by atoms with Gasteiger partial charge in [-0.2, -0.15) is 15.0 Å². The van der Waals surface area contributed by atoms with E-state index in [2.05, 4.69) is 47.0 Å². The fraction of sp³-hybridized carbons (Fsp3) is 0.308. The molecule has 0 bridgehead atoms. The molecule has 1 aromatic carbocycles. The molecule has 0 fully saturated rings. The molecule has 0 atom stereocenters. The van der Waals surface area contributed by atoms with Gasteiger partial charge < -0.3 is 4.74 Å². The summed E-state index contributed by atoms with van der Waals surface area (Å²) >= 11 is 7.31. The maximum Gasteiger partial charge on any atom is 0.321 e. The zero-order chi connectivity index (χ0) is 13.8. The van der Waals surface area contributed by atoms with Crippen LogP contribution in [0, 0.1) is 13.8 Å². The molecule has 4 nitrogen and oxygen atoms in total. The lowest BCUT2D eigenvalue weighted by Gasteiger charge is -2.05. The second-order valence-electron chi connectivity index (χ2n) is 4.16. The molecule has 1 heterocycles. The minimum absolute atomic E-state index is 0.148. The molecule has 0 amide bonds. The van der Waals surface area contributed by atoms with Gasteiger partial charge in [-0.1, -0.05) is 41.1 Å². The summed E-state index contributed by atoms with van der Waals surface area (Å²) in [6, 6.07) is 6.69. The third kappa shape index (κ3) is 4.08. The molecule has 0 radical (unpaired) electrons. The number of ether oxygens (including phenoxy) is 1. The number of thioether (sulfide) groups is 1. The number of rotatable bonds is 4. The summed E-state index contributed by atoms with van der Waals surface area (Å²) in [6.07, 6.45) is 0. The van der Waals surface area contributed by atoms with E-state index in [4.69, 9.17) is 16.3 Å². The topological polar surface area (TPSA) is 47.9 Å². The molecule has 2 rings (SSSR count). The largest absolute Gasteiger partial charge is 0.467 e. The maximum absolute atomic E-state index is 5.81. The third-order valence-corrected chi connectivity index (χ3v) is 3.49. The second-order valence-corrected chi connectivity index (χ2v) is 5.44. The Morgan fingerprint density at radius 3 is 2.42 bits per heavy atom. The van der Waals surface area contributed by atoms with Crippen LogP contribution in [0.15, 0.2) is 23.4 Å². The van der Waals surface area contributed by atoms with Crippen molar-refractivity contribution in [2.75, 3.05) is 7.11 Å². The number of hydrogen-bond acceptors (Lipinski definition) is 5. The number of methoxy groups -OCH3 is 1. The number of hydrogen-bond donors (Lipinski definition) is 0. The number of nitrogens with zero attached hydrogens (tertiary/aromatic N) is 3. The van der Waals surface area contributed by atoms with E-state index in [1.54, 1.807) is 0 Å². The van der Waals surface area contributed by atoms with Gasteiger partial charge in [0.15, 0.2) is 5.16 Å². The highest BCUT2D eigenvalue weighted by molar-refractivity contribution is 7.98. The molecular weight excluding hydrogens is 282 g/mol. The number of halogens is 1. The van der Waals surface area contributed by atoms with Crippen LogP contribution in [-0.2, 0) is 5.75 Å². The summed E-state index contributed by atoms with van der Waals surface area (Å²) in [7, 11) is 1.50. The van der Waals surface area contributed by atoms with E-state index in [0.29, 0.717) is 5.16 Å². The number of aromatic nitrogens is 3. The first-order valence-corrected chi connectivity index (χ1v) is 7.08. The molecule has 2 aromatic rings. The predicted molar refractivity (Wildman–Crippen MR) is 76.9 cm³/mol. The number of benzene rings is 1. The Labute approximate surface area is 121 Å².